The maximum Gasteiger partial charge on any atom is 0.336 e. The summed E-state index contributed by atoms with van der Waals surface area (Å²) in [7, 11) is 0. The molecule has 0 atom stereocenters. The monoisotopic (exact) mass is 368 g/mol. The molecule has 0 aliphatic heterocycles. The average molecular weight is 368 g/mol. The van der Waals surface area contributed by atoms with Crippen molar-refractivity contribution in [2.75, 3.05) is 0 Å². The van der Waals surface area contributed by atoms with Crippen molar-refractivity contribution in [2.24, 2.45) is 0 Å². The standard InChI is InChI=1S/C26H24O2/c1-19(2)23-15-9-14-22(17-16-20-10-5-3-6-11-20)25(23)24(26(27)28)18-21-12-7-4-8-13-21/h3-19H,1-2H3,(H,27,28)/b17-16+,24-18+. The van der Waals surface area contributed by atoms with Gasteiger partial charge in [0.15, 0.2) is 0 Å². The Balaban J connectivity index is 2.17. The number of carboxylic acid groups (broad SMARTS) is 1. The van der Waals surface area contributed by atoms with E-state index in [2.05, 4.69) is 13.8 Å². The van der Waals surface area contributed by atoms with Crippen molar-refractivity contribution in [1.29, 1.82) is 0 Å². The van der Waals surface area contributed by atoms with Crippen molar-refractivity contribution in [3.8, 4) is 0 Å². The number of carboxylic acids is 1. The van der Waals surface area contributed by atoms with Crippen molar-refractivity contribution in [3.05, 3.63) is 107 Å². The van der Waals surface area contributed by atoms with Crippen LogP contribution >= 0.6 is 0 Å². The molecule has 28 heavy (non-hydrogen) atoms. The van der Waals surface area contributed by atoms with E-state index in [9.17, 15) is 9.90 Å². The second kappa shape index (κ2) is 9.01. The molecule has 0 bridgehead atoms. The summed E-state index contributed by atoms with van der Waals surface area (Å²) < 4.78 is 0. The van der Waals surface area contributed by atoms with E-state index in [-0.39, 0.29) is 5.92 Å². The third-order valence-corrected chi connectivity index (χ3v) is 4.62. The summed E-state index contributed by atoms with van der Waals surface area (Å²) in [5, 5.41) is 10.0. The molecule has 0 saturated heterocycles. The minimum absolute atomic E-state index is 0.207. The maximum absolute atomic E-state index is 12.2. The molecule has 0 saturated carbocycles. The molecule has 0 amide bonds. The molecular weight excluding hydrogens is 344 g/mol. The highest BCUT2D eigenvalue weighted by molar-refractivity contribution is 6.22. The van der Waals surface area contributed by atoms with Gasteiger partial charge in [0.05, 0.1) is 5.57 Å². The van der Waals surface area contributed by atoms with Crippen LogP contribution in [0.1, 0.15) is 47.6 Å². The fraction of sp³-hybridized carbons (Fsp3) is 0.115. The van der Waals surface area contributed by atoms with E-state index in [0.717, 1.165) is 27.8 Å². The van der Waals surface area contributed by atoms with Gasteiger partial charge in [0.2, 0.25) is 0 Å². The zero-order valence-corrected chi connectivity index (χ0v) is 16.2. The van der Waals surface area contributed by atoms with Gasteiger partial charge < -0.3 is 5.11 Å². The molecule has 2 nitrogen and oxygen atoms in total. The SMILES string of the molecule is CC(C)c1cccc(/C=C/c2ccccc2)c1/C(=C\c1ccccc1)C(=O)O. The molecular formula is C26H24O2. The molecule has 2 heteroatoms. The molecule has 0 spiro atoms. The van der Waals surface area contributed by atoms with Crippen molar-refractivity contribution in [1.82, 2.24) is 0 Å². The Morgan fingerprint density at radius 3 is 1.96 bits per heavy atom. The van der Waals surface area contributed by atoms with Crippen LogP contribution in [0.15, 0.2) is 78.9 Å². The lowest BCUT2D eigenvalue weighted by atomic mass is 9.87. The van der Waals surface area contributed by atoms with Crippen molar-refractivity contribution in [2.45, 2.75) is 19.8 Å². The number of hydrogen-bond donors (Lipinski definition) is 1. The van der Waals surface area contributed by atoms with Crippen molar-refractivity contribution in [3.63, 3.8) is 0 Å². The number of benzene rings is 3. The first-order chi connectivity index (χ1) is 13.6. The fourth-order valence-corrected chi connectivity index (χ4v) is 3.23. The zero-order valence-electron chi connectivity index (χ0n) is 16.2. The second-order valence-corrected chi connectivity index (χ2v) is 6.98. The molecule has 3 rings (SSSR count). The van der Waals surface area contributed by atoms with Gasteiger partial charge in [-0.2, -0.15) is 0 Å². The highest BCUT2D eigenvalue weighted by Crippen LogP contribution is 2.32. The van der Waals surface area contributed by atoms with E-state index in [0.29, 0.717) is 5.57 Å². The molecule has 1 N–H and O–H groups in total. The Hall–Kier alpha value is -3.39. The van der Waals surface area contributed by atoms with Crippen molar-refractivity contribution >= 4 is 29.8 Å². The third kappa shape index (κ3) is 4.66. The highest BCUT2D eigenvalue weighted by atomic mass is 16.4. The van der Waals surface area contributed by atoms with E-state index >= 15 is 0 Å². The van der Waals surface area contributed by atoms with E-state index in [1.807, 2.05) is 91.0 Å². The lowest BCUT2D eigenvalue weighted by molar-refractivity contribution is -0.130. The van der Waals surface area contributed by atoms with Crippen LogP contribution in [0, 0.1) is 0 Å². The van der Waals surface area contributed by atoms with Crippen LogP contribution in [0.25, 0.3) is 23.8 Å². The second-order valence-electron chi connectivity index (χ2n) is 6.98. The number of rotatable bonds is 6. The van der Waals surface area contributed by atoms with E-state index in [1.165, 1.54) is 0 Å². The predicted octanol–water partition coefficient (Wildman–Crippen LogP) is 6.61. The lowest BCUT2D eigenvalue weighted by Crippen LogP contribution is -2.06. The summed E-state index contributed by atoms with van der Waals surface area (Å²) >= 11 is 0. The fourth-order valence-electron chi connectivity index (χ4n) is 3.23. The van der Waals surface area contributed by atoms with E-state index < -0.39 is 5.97 Å². The summed E-state index contributed by atoms with van der Waals surface area (Å²) in [6.45, 7) is 4.18. The average Bonchev–Trinajstić information content (AvgIpc) is 2.71. The molecule has 0 aliphatic carbocycles. The smallest absolute Gasteiger partial charge is 0.336 e. The summed E-state index contributed by atoms with van der Waals surface area (Å²) in [4.78, 5) is 12.2. The van der Waals surface area contributed by atoms with Gasteiger partial charge in [-0.1, -0.05) is 105 Å². The predicted molar refractivity (Wildman–Crippen MR) is 118 cm³/mol. The molecule has 0 fully saturated rings. The summed E-state index contributed by atoms with van der Waals surface area (Å²) in [5.41, 5.74) is 4.97. The van der Waals surface area contributed by atoms with Gasteiger partial charge in [-0.05, 0) is 39.8 Å². The highest BCUT2D eigenvalue weighted by Gasteiger charge is 2.19. The third-order valence-electron chi connectivity index (χ3n) is 4.62. The van der Waals surface area contributed by atoms with Crippen LogP contribution in [-0.4, -0.2) is 11.1 Å². The Bertz CT molecular complexity index is 997. The number of hydrogen-bond acceptors (Lipinski definition) is 1. The summed E-state index contributed by atoms with van der Waals surface area (Å²) in [6.07, 6.45) is 5.77. The van der Waals surface area contributed by atoms with Gasteiger partial charge in [0.1, 0.15) is 0 Å². The first kappa shape index (κ1) is 19.4. The molecule has 0 aromatic heterocycles. The van der Waals surface area contributed by atoms with Crippen LogP contribution in [-0.2, 0) is 4.79 Å². The Labute approximate surface area is 166 Å². The zero-order chi connectivity index (χ0) is 19.9. The normalized spacial score (nSPS) is 11.9. The summed E-state index contributed by atoms with van der Waals surface area (Å²) in [5.74, 6) is -0.718. The molecule has 3 aromatic carbocycles. The quantitative estimate of drug-likeness (QED) is 0.393. The molecule has 0 heterocycles. The van der Waals surface area contributed by atoms with Crippen LogP contribution < -0.4 is 0 Å². The molecule has 140 valence electrons. The van der Waals surface area contributed by atoms with E-state index in [4.69, 9.17) is 0 Å². The van der Waals surface area contributed by atoms with Gasteiger partial charge in [-0.25, -0.2) is 4.79 Å². The van der Waals surface area contributed by atoms with Gasteiger partial charge >= 0.3 is 5.97 Å². The Kier molecular flexibility index (Phi) is 6.23. The van der Waals surface area contributed by atoms with Crippen LogP contribution in [0.4, 0.5) is 0 Å². The molecule has 3 aromatic rings. The number of aliphatic carboxylic acids is 1. The van der Waals surface area contributed by atoms with Crippen LogP contribution in [0.3, 0.4) is 0 Å². The number of carbonyl (C=O) groups is 1. The van der Waals surface area contributed by atoms with Crippen LogP contribution in [0.5, 0.6) is 0 Å². The molecule has 0 radical (unpaired) electrons. The Morgan fingerprint density at radius 1 is 0.786 bits per heavy atom. The minimum Gasteiger partial charge on any atom is -0.478 e. The van der Waals surface area contributed by atoms with Crippen LogP contribution in [0.2, 0.25) is 0 Å². The first-order valence-corrected chi connectivity index (χ1v) is 9.42. The largest absolute Gasteiger partial charge is 0.478 e. The Morgan fingerprint density at radius 2 is 1.39 bits per heavy atom. The van der Waals surface area contributed by atoms with E-state index in [1.54, 1.807) is 6.08 Å². The summed E-state index contributed by atoms with van der Waals surface area (Å²) in [6, 6.07) is 25.6. The van der Waals surface area contributed by atoms with Gasteiger partial charge in [-0.3, -0.25) is 0 Å². The lowest BCUT2D eigenvalue weighted by Gasteiger charge is -2.17. The maximum atomic E-state index is 12.2. The molecule has 0 unspecified atom stereocenters. The van der Waals surface area contributed by atoms with Gasteiger partial charge in [0, 0.05) is 0 Å². The van der Waals surface area contributed by atoms with Gasteiger partial charge in [-0.15, -0.1) is 0 Å². The first-order valence-electron chi connectivity index (χ1n) is 9.42. The van der Waals surface area contributed by atoms with Gasteiger partial charge in [0.25, 0.3) is 0 Å². The van der Waals surface area contributed by atoms with Crippen molar-refractivity contribution < 1.29 is 9.90 Å². The molecule has 0 aliphatic rings. The minimum atomic E-state index is -0.925. The topological polar surface area (TPSA) is 37.3 Å².